The van der Waals surface area contributed by atoms with Crippen LogP contribution in [0.4, 0.5) is 0 Å². The lowest BCUT2D eigenvalue weighted by Gasteiger charge is -1.93. The van der Waals surface area contributed by atoms with E-state index in [1.165, 1.54) is 0 Å². The average Bonchev–Trinajstić information content (AvgIpc) is 2.37. The van der Waals surface area contributed by atoms with Gasteiger partial charge in [-0.3, -0.25) is 0 Å². The first kappa shape index (κ1) is 10.1. The third kappa shape index (κ3) is 3.07. The topological polar surface area (TPSA) is 16.7 Å². The van der Waals surface area contributed by atoms with E-state index in [0.717, 1.165) is 11.1 Å². The van der Waals surface area contributed by atoms with Crippen LogP contribution in [0, 0.1) is 6.07 Å². The van der Waals surface area contributed by atoms with Crippen LogP contribution in [0.5, 0.6) is 0 Å². The van der Waals surface area contributed by atoms with Crippen LogP contribution in [-0.4, -0.2) is 6.21 Å². The fourth-order valence-electron chi connectivity index (χ4n) is 1.19. The molecule has 2 heteroatoms. The van der Waals surface area contributed by atoms with Crippen LogP contribution in [0.15, 0.2) is 65.8 Å². The standard InChI is InChI=1S/C14H10N2/c1-3-7-13(8-4-1)11-15-16-12-14-9-5-2-6-10-14/h1-10H. The van der Waals surface area contributed by atoms with Crippen LogP contribution in [0.25, 0.3) is 4.95 Å². The molecule has 0 saturated heterocycles. The van der Waals surface area contributed by atoms with E-state index in [9.17, 15) is 0 Å². The van der Waals surface area contributed by atoms with Gasteiger partial charge in [-0.25, -0.2) is 0 Å². The average molecular weight is 206 g/mol. The lowest BCUT2D eigenvalue weighted by atomic mass is 10.2. The molecule has 76 valence electrons. The van der Waals surface area contributed by atoms with Crippen LogP contribution in [-0.2, 0) is 0 Å². The minimum absolute atomic E-state index is 0.904. The van der Waals surface area contributed by atoms with Crippen molar-refractivity contribution >= 4 is 6.21 Å². The first-order valence-electron chi connectivity index (χ1n) is 4.97. The molecule has 0 aliphatic rings. The van der Waals surface area contributed by atoms with Gasteiger partial charge in [0.1, 0.15) is 10.5 Å². The van der Waals surface area contributed by atoms with Gasteiger partial charge in [-0.2, -0.15) is 17.7 Å². The van der Waals surface area contributed by atoms with E-state index >= 15 is 0 Å². The predicted molar refractivity (Wildman–Crippen MR) is 65.8 cm³/mol. The zero-order valence-electron chi connectivity index (χ0n) is 8.67. The van der Waals surface area contributed by atoms with Crippen LogP contribution >= 0.6 is 0 Å². The number of benzene rings is 2. The van der Waals surface area contributed by atoms with Crippen molar-refractivity contribution in [2.24, 2.45) is 5.10 Å². The van der Waals surface area contributed by atoms with Gasteiger partial charge in [0.15, 0.2) is 0 Å². The molecule has 0 atom stereocenters. The zero-order valence-corrected chi connectivity index (χ0v) is 8.67. The second kappa shape index (κ2) is 5.47. The molecule has 2 aromatic carbocycles. The summed E-state index contributed by atoms with van der Waals surface area (Å²) in [6.45, 7) is 0. The summed E-state index contributed by atoms with van der Waals surface area (Å²) >= 11 is 0. The van der Waals surface area contributed by atoms with Crippen molar-refractivity contribution < 1.29 is 0 Å². The summed E-state index contributed by atoms with van der Waals surface area (Å²) in [5.74, 6) is 0. The van der Waals surface area contributed by atoms with Gasteiger partial charge < -0.3 is 0 Å². The molecule has 16 heavy (non-hydrogen) atoms. The molecule has 2 aromatic rings. The Kier molecular flexibility index (Phi) is 3.47. The predicted octanol–water partition coefficient (Wildman–Crippen LogP) is 3.28. The summed E-state index contributed by atoms with van der Waals surface area (Å²) in [4.78, 5) is 3.80. The van der Waals surface area contributed by atoms with Crippen molar-refractivity contribution in [2.45, 2.75) is 0 Å². The molecule has 0 heterocycles. The molecule has 0 saturated carbocycles. The van der Waals surface area contributed by atoms with Crippen molar-refractivity contribution in [2.75, 3.05) is 0 Å². The Morgan fingerprint density at radius 2 is 1.50 bits per heavy atom. The molecular weight excluding hydrogens is 196 g/mol. The molecule has 0 spiro atoms. The Morgan fingerprint density at radius 3 is 2.19 bits per heavy atom. The molecular formula is C14H10N2. The SMILES string of the molecule is C(#[N+]N=[C-]c1ccccc1)c1ccccc1. The summed E-state index contributed by atoms with van der Waals surface area (Å²) in [7, 11) is 0. The Morgan fingerprint density at radius 1 is 0.875 bits per heavy atom. The minimum Gasteiger partial charge on any atom is -0.166 e. The van der Waals surface area contributed by atoms with Crippen LogP contribution in [0.2, 0.25) is 0 Å². The first-order valence-corrected chi connectivity index (χ1v) is 4.97. The van der Waals surface area contributed by atoms with Crippen molar-refractivity contribution in [3.05, 3.63) is 76.7 Å². The summed E-state index contributed by atoms with van der Waals surface area (Å²) in [6.07, 6.45) is 2.81. The maximum Gasteiger partial charge on any atom is 0.359 e. The van der Waals surface area contributed by atoms with Crippen LogP contribution in [0.3, 0.4) is 0 Å². The highest BCUT2D eigenvalue weighted by Crippen LogP contribution is 1.96. The highest BCUT2D eigenvalue weighted by atomic mass is 15.2. The lowest BCUT2D eigenvalue weighted by molar-refractivity contribution is 1.55. The van der Waals surface area contributed by atoms with E-state index < -0.39 is 0 Å². The Hall–Kier alpha value is -2.40. The molecule has 0 aliphatic carbocycles. The van der Waals surface area contributed by atoms with Crippen molar-refractivity contribution in [1.29, 1.82) is 0 Å². The minimum atomic E-state index is 0.904. The molecule has 0 N–H and O–H groups in total. The summed E-state index contributed by atoms with van der Waals surface area (Å²) in [5.41, 5.74) is 1.81. The van der Waals surface area contributed by atoms with Gasteiger partial charge in [-0.05, 0) is 12.1 Å². The number of rotatable bonds is 1. The molecule has 0 radical (unpaired) electrons. The molecule has 0 unspecified atom stereocenters. The van der Waals surface area contributed by atoms with E-state index in [1.807, 2.05) is 60.7 Å². The highest BCUT2D eigenvalue weighted by molar-refractivity contribution is 5.79. The van der Waals surface area contributed by atoms with E-state index in [1.54, 1.807) is 0 Å². The molecule has 0 bridgehead atoms. The van der Waals surface area contributed by atoms with E-state index in [0.29, 0.717) is 0 Å². The smallest absolute Gasteiger partial charge is 0.166 e. The quantitative estimate of drug-likeness (QED) is 0.387. The molecule has 0 aromatic heterocycles. The normalized spacial score (nSPS) is 9.75. The monoisotopic (exact) mass is 206 g/mol. The third-order valence-electron chi connectivity index (χ3n) is 1.96. The van der Waals surface area contributed by atoms with E-state index in [2.05, 4.69) is 22.3 Å². The molecule has 0 amide bonds. The Balaban J connectivity index is 2.03. The molecule has 0 fully saturated rings. The van der Waals surface area contributed by atoms with Crippen LogP contribution in [0.1, 0.15) is 11.1 Å². The Labute approximate surface area is 94.7 Å². The number of hydrogen-bond donors (Lipinski definition) is 0. The van der Waals surface area contributed by atoms with Gasteiger partial charge in [0.05, 0.1) is 5.10 Å². The number of nitrogens with zero attached hydrogens (tertiary/aromatic N) is 2. The van der Waals surface area contributed by atoms with Gasteiger partial charge in [0, 0.05) is 6.21 Å². The van der Waals surface area contributed by atoms with Crippen LogP contribution < -0.4 is 0 Å². The lowest BCUT2D eigenvalue weighted by Crippen LogP contribution is -1.76. The molecule has 2 nitrogen and oxygen atoms in total. The van der Waals surface area contributed by atoms with Gasteiger partial charge in [-0.15, -0.1) is 12.1 Å². The molecule has 0 aliphatic heterocycles. The third-order valence-corrected chi connectivity index (χ3v) is 1.96. The summed E-state index contributed by atoms with van der Waals surface area (Å²) in [5, 5.41) is 3.80. The highest BCUT2D eigenvalue weighted by Gasteiger charge is 1.89. The van der Waals surface area contributed by atoms with Crippen molar-refractivity contribution in [3.63, 3.8) is 0 Å². The maximum atomic E-state index is 3.80. The zero-order chi connectivity index (χ0) is 11.1. The maximum absolute atomic E-state index is 3.80. The van der Waals surface area contributed by atoms with Gasteiger partial charge >= 0.3 is 6.07 Å². The van der Waals surface area contributed by atoms with Gasteiger partial charge in [-0.1, -0.05) is 24.3 Å². The van der Waals surface area contributed by atoms with E-state index in [-0.39, 0.29) is 0 Å². The first-order chi connectivity index (χ1) is 7.95. The number of hydrogen-bond acceptors (Lipinski definition) is 1. The second-order valence-electron chi connectivity index (χ2n) is 3.16. The summed E-state index contributed by atoms with van der Waals surface area (Å²) < 4.78 is 0. The fraction of sp³-hybridized carbons (Fsp3) is 0. The fourth-order valence-corrected chi connectivity index (χ4v) is 1.19. The Bertz CT molecular complexity index is 519. The van der Waals surface area contributed by atoms with Crippen molar-refractivity contribution in [1.82, 2.24) is 0 Å². The second-order valence-corrected chi connectivity index (χ2v) is 3.16. The van der Waals surface area contributed by atoms with Gasteiger partial charge in [0.2, 0.25) is 0 Å². The van der Waals surface area contributed by atoms with E-state index in [4.69, 9.17) is 0 Å². The summed E-state index contributed by atoms with van der Waals surface area (Å²) in [6, 6.07) is 22.1. The van der Waals surface area contributed by atoms with Gasteiger partial charge in [0.25, 0.3) is 0 Å². The van der Waals surface area contributed by atoms with Crippen molar-refractivity contribution in [3.8, 4) is 6.07 Å². The molecule has 2 rings (SSSR count). The largest absolute Gasteiger partial charge is 0.359 e.